The van der Waals surface area contributed by atoms with Gasteiger partial charge in [-0.25, -0.2) is 9.07 Å². The van der Waals surface area contributed by atoms with Crippen LogP contribution >= 0.6 is 11.6 Å². The molecule has 0 unspecified atom stereocenters. The van der Waals surface area contributed by atoms with Gasteiger partial charge in [0.2, 0.25) is 5.91 Å². The molecule has 1 aromatic heterocycles. The maximum atomic E-state index is 14.4. The number of hydrogen-bond donors (Lipinski definition) is 1. The first kappa shape index (κ1) is 17.4. The van der Waals surface area contributed by atoms with Crippen LogP contribution in [0.1, 0.15) is 36.1 Å². The molecule has 0 spiro atoms. The Morgan fingerprint density at radius 2 is 2.24 bits per heavy atom. The smallest absolute Gasteiger partial charge is 0.327 e. The van der Waals surface area contributed by atoms with E-state index in [4.69, 9.17) is 16.3 Å². The van der Waals surface area contributed by atoms with Crippen LogP contribution in [0, 0.1) is 12.7 Å². The Kier molecular flexibility index (Phi) is 4.76. The molecule has 8 heteroatoms. The minimum atomic E-state index is -0.562. The lowest BCUT2D eigenvalue weighted by molar-refractivity contribution is -0.144. The summed E-state index contributed by atoms with van der Waals surface area (Å²) in [4.78, 5) is 23.9. The van der Waals surface area contributed by atoms with Gasteiger partial charge in [-0.1, -0.05) is 17.7 Å². The van der Waals surface area contributed by atoms with E-state index in [9.17, 15) is 14.0 Å². The Morgan fingerprint density at radius 3 is 2.92 bits per heavy atom. The van der Waals surface area contributed by atoms with E-state index in [0.29, 0.717) is 17.1 Å². The minimum absolute atomic E-state index is 0.0552. The topological polar surface area (TPSA) is 73.2 Å². The number of aryl methyl sites for hydroxylation is 1. The van der Waals surface area contributed by atoms with Crippen LogP contribution in [0.5, 0.6) is 0 Å². The van der Waals surface area contributed by atoms with E-state index >= 15 is 0 Å². The average Bonchev–Trinajstić information content (AvgIpc) is 2.83. The minimum Gasteiger partial charge on any atom is -0.465 e. The van der Waals surface area contributed by atoms with Crippen molar-refractivity contribution in [3.05, 3.63) is 45.9 Å². The highest BCUT2D eigenvalue weighted by Crippen LogP contribution is 2.42. The zero-order chi connectivity index (χ0) is 18.1. The number of rotatable bonds is 4. The predicted molar refractivity (Wildman–Crippen MR) is 90.1 cm³/mol. The third kappa shape index (κ3) is 3.24. The van der Waals surface area contributed by atoms with Crippen molar-refractivity contribution >= 4 is 29.3 Å². The normalized spacial score (nSPS) is 16.3. The molecule has 0 aliphatic carbocycles. The van der Waals surface area contributed by atoms with Crippen LogP contribution in [0.4, 0.5) is 10.2 Å². The summed E-state index contributed by atoms with van der Waals surface area (Å²) in [5.41, 5.74) is 1.53. The molecule has 1 aromatic carbocycles. The molecule has 1 aliphatic rings. The number of ether oxygens (including phenoxy) is 1. The zero-order valence-electron chi connectivity index (χ0n) is 13.8. The molecule has 0 saturated heterocycles. The van der Waals surface area contributed by atoms with Gasteiger partial charge < -0.3 is 10.1 Å². The fraction of sp³-hybridized carbons (Fsp3) is 0.353. The summed E-state index contributed by atoms with van der Waals surface area (Å²) >= 11 is 6.19. The standard InChI is InChI=1S/C17H17ClFN3O3/c1-3-25-14(24)8-22-17-15(9(2)21-22)10(7-13(23)20-17)16-11(18)5-4-6-12(16)19/h4-6,10H,3,7-8H2,1-2H3,(H,20,23)/t10-/m0/s1. The third-order valence-corrected chi connectivity index (χ3v) is 4.43. The summed E-state index contributed by atoms with van der Waals surface area (Å²) in [5, 5.41) is 7.30. The van der Waals surface area contributed by atoms with Crippen molar-refractivity contribution in [1.82, 2.24) is 9.78 Å². The number of fused-ring (bicyclic) bond motifs is 1. The van der Waals surface area contributed by atoms with Gasteiger partial charge in [0.15, 0.2) is 0 Å². The van der Waals surface area contributed by atoms with Gasteiger partial charge in [-0.15, -0.1) is 0 Å². The second kappa shape index (κ2) is 6.84. The lowest BCUT2D eigenvalue weighted by Crippen LogP contribution is -2.27. The van der Waals surface area contributed by atoms with Crippen LogP contribution in [0.3, 0.4) is 0 Å². The van der Waals surface area contributed by atoms with Crippen LogP contribution in [0.2, 0.25) is 5.02 Å². The van der Waals surface area contributed by atoms with E-state index in [1.807, 2.05) is 0 Å². The molecule has 1 aliphatic heterocycles. The van der Waals surface area contributed by atoms with E-state index in [2.05, 4.69) is 10.4 Å². The number of hydrogen-bond acceptors (Lipinski definition) is 4. The molecule has 0 saturated carbocycles. The Morgan fingerprint density at radius 1 is 1.48 bits per heavy atom. The lowest BCUT2D eigenvalue weighted by atomic mass is 9.85. The Hall–Kier alpha value is -2.41. The van der Waals surface area contributed by atoms with Crippen LogP contribution < -0.4 is 5.32 Å². The molecule has 1 amide bonds. The largest absolute Gasteiger partial charge is 0.465 e. The monoisotopic (exact) mass is 365 g/mol. The number of halogens is 2. The summed E-state index contributed by atoms with van der Waals surface area (Å²) in [7, 11) is 0. The molecular weight excluding hydrogens is 349 g/mol. The first-order valence-corrected chi connectivity index (χ1v) is 8.26. The van der Waals surface area contributed by atoms with E-state index in [0.717, 1.165) is 0 Å². The molecule has 132 valence electrons. The molecule has 25 heavy (non-hydrogen) atoms. The summed E-state index contributed by atoms with van der Waals surface area (Å²) in [5.74, 6) is -1.41. The highest BCUT2D eigenvalue weighted by atomic mass is 35.5. The number of nitrogens with zero attached hydrogens (tertiary/aromatic N) is 2. The van der Waals surface area contributed by atoms with Gasteiger partial charge in [-0.05, 0) is 26.0 Å². The number of esters is 1. The van der Waals surface area contributed by atoms with Gasteiger partial charge in [-0.2, -0.15) is 5.10 Å². The number of carbonyl (C=O) groups excluding carboxylic acids is 2. The quantitative estimate of drug-likeness (QED) is 0.845. The second-order valence-corrected chi connectivity index (χ2v) is 6.16. The van der Waals surface area contributed by atoms with Crippen molar-refractivity contribution in [2.45, 2.75) is 32.7 Å². The summed E-state index contributed by atoms with van der Waals surface area (Å²) < 4.78 is 20.7. The van der Waals surface area contributed by atoms with Crippen molar-refractivity contribution in [1.29, 1.82) is 0 Å². The van der Waals surface area contributed by atoms with Crippen LogP contribution in [0.25, 0.3) is 0 Å². The molecule has 1 atom stereocenters. The fourth-order valence-corrected chi connectivity index (χ4v) is 3.44. The molecule has 2 aromatic rings. The van der Waals surface area contributed by atoms with Gasteiger partial charge in [0, 0.05) is 28.5 Å². The Bertz CT molecular complexity index is 830. The van der Waals surface area contributed by atoms with Gasteiger partial charge in [0.1, 0.15) is 18.2 Å². The van der Waals surface area contributed by atoms with E-state index in [1.165, 1.54) is 16.8 Å². The van der Waals surface area contributed by atoms with Crippen molar-refractivity contribution in [3.8, 4) is 0 Å². The number of nitrogens with one attached hydrogen (secondary N) is 1. The second-order valence-electron chi connectivity index (χ2n) is 5.75. The molecule has 6 nitrogen and oxygen atoms in total. The SMILES string of the molecule is CCOC(=O)Cn1nc(C)c2c1NC(=O)C[C@@H]2c1c(F)cccc1Cl. The molecular formula is C17H17ClFN3O3. The van der Waals surface area contributed by atoms with Crippen molar-refractivity contribution in [2.75, 3.05) is 11.9 Å². The predicted octanol–water partition coefficient (Wildman–Crippen LogP) is 3.02. The Labute approximate surface area is 148 Å². The average molecular weight is 366 g/mol. The van der Waals surface area contributed by atoms with Crippen molar-refractivity contribution in [3.63, 3.8) is 0 Å². The zero-order valence-corrected chi connectivity index (χ0v) is 14.6. The van der Waals surface area contributed by atoms with Crippen LogP contribution in [-0.2, 0) is 20.9 Å². The van der Waals surface area contributed by atoms with Gasteiger partial charge in [0.25, 0.3) is 0 Å². The number of benzene rings is 1. The molecule has 0 bridgehead atoms. The fourth-order valence-electron chi connectivity index (χ4n) is 3.15. The van der Waals surface area contributed by atoms with Gasteiger partial charge >= 0.3 is 5.97 Å². The molecule has 0 fully saturated rings. The van der Waals surface area contributed by atoms with Gasteiger partial charge in [0.05, 0.1) is 12.3 Å². The van der Waals surface area contributed by atoms with E-state index < -0.39 is 17.7 Å². The maximum Gasteiger partial charge on any atom is 0.327 e. The number of aromatic nitrogens is 2. The summed E-state index contributed by atoms with van der Waals surface area (Å²) in [6.45, 7) is 3.57. The van der Waals surface area contributed by atoms with Gasteiger partial charge in [-0.3, -0.25) is 9.59 Å². The van der Waals surface area contributed by atoms with Crippen LogP contribution in [-0.4, -0.2) is 28.3 Å². The van der Waals surface area contributed by atoms with E-state index in [-0.39, 0.29) is 36.1 Å². The molecule has 0 radical (unpaired) electrons. The van der Waals surface area contributed by atoms with Crippen LogP contribution in [0.15, 0.2) is 18.2 Å². The molecule has 3 rings (SSSR count). The number of amides is 1. The maximum absolute atomic E-state index is 14.4. The molecule has 2 heterocycles. The van der Waals surface area contributed by atoms with Crippen molar-refractivity contribution < 1.29 is 18.7 Å². The number of anilines is 1. The number of carbonyl (C=O) groups is 2. The summed E-state index contributed by atoms with van der Waals surface area (Å²) in [6.07, 6.45) is 0.0552. The molecule has 1 N–H and O–H groups in total. The first-order chi connectivity index (χ1) is 11.9. The third-order valence-electron chi connectivity index (χ3n) is 4.10. The lowest BCUT2D eigenvalue weighted by Gasteiger charge is -2.25. The summed E-state index contributed by atoms with van der Waals surface area (Å²) in [6, 6.07) is 4.41. The van der Waals surface area contributed by atoms with E-state index in [1.54, 1.807) is 19.9 Å². The highest BCUT2D eigenvalue weighted by molar-refractivity contribution is 6.31. The highest BCUT2D eigenvalue weighted by Gasteiger charge is 2.35. The Balaban J connectivity index is 2.08. The first-order valence-electron chi connectivity index (χ1n) is 7.89. The van der Waals surface area contributed by atoms with Crippen molar-refractivity contribution in [2.24, 2.45) is 0 Å².